The Hall–Kier alpha value is -7.86. The molecule has 0 spiro atoms. The molecule has 2 aromatic heterocycles. The van der Waals surface area contributed by atoms with Crippen molar-refractivity contribution < 1.29 is 38.4 Å². The summed E-state index contributed by atoms with van der Waals surface area (Å²) in [4.78, 5) is 126. The number of benzene rings is 2. The molecule has 75 heavy (non-hydrogen) atoms. The first kappa shape index (κ1) is 58.0. The van der Waals surface area contributed by atoms with Crippen LogP contribution in [0, 0.1) is 5.92 Å². The van der Waals surface area contributed by atoms with Gasteiger partial charge in [0.1, 0.15) is 36.3 Å². The molecule has 0 radical (unpaired) electrons. The van der Waals surface area contributed by atoms with Crippen LogP contribution in [0.5, 0.6) is 0 Å². The highest BCUT2D eigenvalue weighted by atomic mass is 16.2. The summed E-state index contributed by atoms with van der Waals surface area (Å²) < 4.78 is 0. The van der Waals surface area contributed by atoms with Crippen molar-refractivity contribution in [1.82, 2.24) is 51.8 Å². The molecule has 1 saturated heterocycles. The highest BCUT2D eigenvalue weighted by molar-refractivity contribution is 5.97. The molecule has 5 rings (SSSR count). The molecule has 7 atom stereocenters. The second kappa shape index (κ2) is 29.1. The molecule has 0 saturated carbocycles. The number of imidazole rings is 1. The zero-order valence-electron chi connectivity index (χ0n) is 42.6. The number of carbonyl (C=O) groups excluding carboxylic acids is 8. The molecule has 1 aliphatic rings. The highest BCUT2D eigenvalue weighted by Crippen LogP contribution is 2.22. The van der Waals surface area contributed by atoms with Crippen molar-refractivity contribution in [3.05, 3.63) is 90.1 Å². The minimum absolute atomic E-state index is 0.00764. The number of H-pyrrole nitrogens is 2. The summed E-state index contributed by atoms with van der Waals surface area (Å²) in [6, 6.07) is 8.49. The molecule has 2 aromatic carbocycles. The summed E-state index contributed by atoms with van der Waals surface area (Å²) in [6.07, 6.45) is 7.32. The van der Waals surface area contributed by atoms with Crippen molar-refractivity contribution in [1.29, 1.82) is 0 Å². The molecule has 406 valence electrons. The van der Waals surface area contributed by atoms with Crippen molar-refractivity contribution >= 4 is 64.1 Å². The third kappa shape index (κ3) is 18.2. The van der Waals surface area contributed by atoms with Crippen LogP contribution in [0.4, 0.5) is 0 Å². The first-order chi connectivity index (χ1) is 35.9. The zero-order valence-corrected chi connectivity index (χ0v) is 42.6. The van der Waals surface area contributed by atoms with E-state index in [1.54, 1.807) is 36.5 Å². The first-order valence-electron chi connectivity index (χ1n) is 25.4. The quantitative estimate of drug-likeness (QED) is 0.0161. The Morgan fingerprint density at radius 2 is 1.43 bits per heavy atom. The van der Waals surface area contributed by atoms with E-state index in [0.29, 0.717) is 55.5 Å². The average molecular weight is 1040 g/mol. The van der Waals surface area contributed by atoms with Crippen LogP contribution in [-0.2, 0) is 57.6 Å². The van der Waals surface area contributed by atoms with Crippen LogP contribution in [0.3, 0.4) is 0 Å². The minimum atomic E-state index is -1.33. The van der Waals surface area contributed by atoms with Crippen LogP contribution in [0.1, 0.15) is 82.0 Å². The summed E-state index contributed by atoms with van der Waals surface area (Å²) >= 11 is 0. The molecule has 1 fully saturated rings. The Bertz CT molecular complexity index is 2570. The molecule has 18 N–H and O–H groups in total. The number of guanidine groups is 1. The lowest BCUT2D eigenvalue weighted by atomic mass is 10.0. The highest BCUT2D eigenvalue weighted by Gasteiger charge is 2.39. The number of carbonyl (C=O) groups is 8. The average Bonchev–Trinajstić information content (AvgIpc) is 4.18. The number of hydrogen-bond donors (Lipinski definition) is 13. The lowest BCUT2D eigenvalue weighted by molar-refractivity contribution is -0.142. The third-order valence-electron chi connectivity index (χ3n) is 12.8. The number of para-hydroxylation sites is 1. The predicted molar refractivity (Wildman–Crippen MR) is 281 cm³/mol. The third-order valence-corrected chi connectivity index (χ3v) is 12.8. The van der Waals surface area contributed by atoms with Gasteiger partial charge in [-0.05, 0) is 81.0 Å². The van der Waals surface area contributed by atoms with E-state index in [2.05, 4.69) is 51.8 Å². The molecule has 3 heterocycles. The maximum Gasteiger partial charge on any atom is 0.245 e. The van der Waals surface area contributed by atoms with Gasteiger partial charge in [-0.2, -0.15) is 0 Å². The van der Waals surface area contributed by atoms with Crippen LogP contribution in [0.15, 0.2) is 78.3 Å². The smallest absolute Gasteiger partial charge is 0.245 e. The molecule has 24 heteroatoms. The number of likely N-dealkylation sites (tertiary alicyclic amines) is 1. The van der Waals surface area contributed by atoms with E-state index in [-0.39, 0.29) is 63.5 Å². The van der Waals surface area contributed by atoms with E-state index >= 15 is 0 Å². The summed E-state index contributed by atoms with van der Waals surface area (Å²) in [5.74, 6) is -5.43. The molecule has 4 aromatic rings. The van der Waals surface area contributed by atoms with Crippen LogP contribution in [0.25, 0.3) is 10.9 Å². The van der Waals surface area contributed by atoms with Gasteiger partial charge in [-0.15, -0.1) is 0 Å². The number of nitrogens with zero attached hydrogens (tertiary/aromatic N) is 3. The number of hydrogen-bond acceptors (Lipinski definition) is 12. The van der Waals surface area contributed by atoms with Gasteiger partial charge >= 0.3 is 0 Å². The molecule has 0 unspecified atom stereocenters. The molecule has 0 bridgehead atoms. The van der Waals surface area contributed by atoms with E-state index in [0.717, 1.165) is 10.9 Å². The molecule has 24 nitrogen and oxygen atoms in total. The number of nitrogens with two attached hydrogens (primary N) is 5. The lowest BCUT2D eigenvalue weighted by Crippen LogP contribution is -2.59. The predicted octanol–water partition coefficient (Wildman–Crippen LogP) is -1.51. The van der Waals surface area contributed by atoms with Crippen molar-refractivity contribution in [3.63, 3.8) is 0 Å². The fourth-order valence-electron chi connectivity index (χ4n) is 8.89. The van der Waals surface area contributed by atoms with Crippen molar-refractivity contribution in [2.24, 2.45) is 39.6 Å². The van der Waals surface area contributed by atoms with Gasteiger partial charge in [0, 0.05) is 61.3 Å². The number of aliphatic imine (C=N–C) groups is 1. The normalized spacial score (nSPS) is 15.6. The summed E-state index contributed by atoms with van der Waals surface area (Å²) in [5.41, 5.74) is 31.5. The van der Waals surface area contributed by atoms with Crippen LogP contribution in [-0.4, -0.2) is 142 Å². The first-order valence-corrected chi connectivity index (χ1v) is 25.4. The number of rotatable bonds is 30. The van der Waals surface area contributed by atoms with Gasteiger partial charge in [-0.1, -0.05) is 62.4 Å². The largest absolute Gasteiger partial charge is 0.370 e. The minimum Gasteiger partial charge on any atom is -0.370 e. The Kier molecular flexibility index (Phi) is 22.5. The Morgan fingerprint density at radius 3 is 2.12 bits per heavy atom. The van der Waals surface area contributed by atoms with E-state index in [4.69, 9.17) is 28.7 Å². The summed E-state index contributed by atoms with van der Waals surface area (Å²) in [6.45, 7) is 3.83. The Labute approximate surface area is 435 Å². The molecular weight excluding hydrogens is 965 g/mol. The van der Waals surface area contributed by atoms with E-state index < -0.39 is 96.1 Å². The Morgan fingerprint density at radius 1 is 0.747 bits per heavy atom. The van der Waals surface area contributed by atoms with E-state index in [9.17, 15) is 38.4 Å². The number of fused-ring (bicyclic) bond motifs is 1. The van der Waals surface area contributed by atoms with E-state index in [1.807, 2.05) is 38.1 Å². The van der Waals surface area contributed by atoms with Crippen molar-refractivity contribution in [3.8, 4) is 0 Å². The number of aromatic amines is 2. The zero-order chi connectivity index (χ0) is 54.4. The number of nitrogens with one attached hydrogen (secondary N) is 8. The number of aromatic nitrogens is 3. The molecular formula is C51H74N16O8. The maximum absolute atomic E-state index is 14.5. The summed E-state index contributed by atoms with van der Waals surface area (Å²) in [7, 11) is 0. The van der Waals surface area contributed by atoms with Crippen molar-refractivity contribution in [2.45, 2.75) is 127 Å². The fourth-order valence-corrected chi connectivity index (χ4v) is 8.89. The number of amides is 8. The van der Waals surface area contributed by atoms with Gasteiger partial charge in [0.05, 0.1) is 18.9 Å². The SMILES string of the molecule is CC(C)C[C@H](NC(=O)[C@@H]1CCCN1C(=O)[C@H](CCCCN)NC(=O)CNC(=O)[C@H](Cc1c[nH]c2ccccc12)NC(=O)[C@H](CCCN=C(N)N)NC(=O)[C@H](Cc1ccccc1)NC(=O)[C@@H](N)Cc1cnc[nH]1)C(N)=O. The second-order valence-electron chi connectivity index (χ2n) is 19.2. The molecule has 1 aliphatic heterocycles. The van der Waals surface area contributed by atoms with Gasteiger partial charge < -0.3 is 75.4 Å². The van der Waals surface area contributed by atoms with Gasteiger partial charge in [0.25, 0.3) is 0 Å². The lowest BCUT2D eigenvalue weighted by Gasteiger charge is -2.30. The maximum atomic E-state index is 14.5. The standard InChI is InChI=1S/C51H74N16O8/c1-30(2)22-39(44(54)69)64-49(74)42-18-11-21-67(42)50(75)38(16-8-9-19-52)62-43(68)28-60-46(71)41(24-32-26-59-36-15-7-6-14-34(32)36)66-47(72)37(17-10-20-58-51(55)56)63-48(73)40(23-31-12-4-3-5-13-31)65-45(70)35(53)25-33-27-57-29-61-33/h3-7,12-15,26-27,29-30,35,37-42,59H,8-11,16-25,28,52-53H2,1-2H3,(H2,54,69)(H,57,61)(H,60,71)(H,62,68)(H,63,73)(H,64,74)(H,65,70)(H,66,72)(H4,55,56,58)/t35-,37-,38-,39-,40-,41-,42-/m0/s1. The summed E-state index contributed by atoms with van der Waals surface area (Å²) in [5, 5.41) is 17.1. The van der Waals surface area contributed by atoms with Gasteiger partial charge in [0.2, 0.25) is 47.3 Å². The number of primary amides is 1. The monoisotopic (exact) mass is 1040 g/mol. The van der Waals surface area contributed by atoms with Gasteiger partial charge in [-0.3, -0.25) is 43.3 Å². The molecule has 0 aliphatic carbocycles. The number of unbranched alkanes of at least 4 members (excludes halogenated alkanes) is 1. The van der Waals surface area contributed by atoms with Crippen LogP contribution < -0.4 is 60.6 Å². The fraction of sp³-hybridized carbons (Fsp3) is 0.490. The van der Waals surface area contributed by atoms with Gasteiger partial charge in [-0.25, -0.2) is 4.98 Å². The van der Waals surface area contributed by atoms with E-state index in [1.165, 1.54) is 17.4 Å². The van der Waals surface area contributed by atoms with Crippen molar-refractivity contribution in [2.75, 3.05) is 26.2 Å². The van der Waals surface area contributed by atoms with Crippen LogP contribution in [0.2, 0.25) is 0 Å². The van der Waals surface area contributed by atoms with Crippen LogP contribution >= 0.6 is 0 Å². The molecule has 8 amide bonds. The van der Waals surface area contributed by atoms with Gasteiger partial charge in [0.15, 0.2) is 5.96 Å². The second-order valence-corrected chi connectivity index (χ2v) is 19.2. The Balaban J connectivity index is 1.35. The topological polar surface area (TPSA) is 399 Å².